The maximum absolute atomic E-state index is 12.8. The lowest BCUT2D eigenvalue weighted by atomic mass is 10.4. The van der Waals surface area contributed by atoms with Crippen LogP contribution in [0.15, 0.2) is 29.2 Å². The Bertz CT molecular complexity index is 1020. The molecule has 0 bridgehead atoms. The van der Waals surface area contributed by atoms with Crippen LogP contribution < -0.4 is 4.72 Å². The third-order valence-corrected chi connectivity index (χ3v) is 6.35. The SMILES string of the molecule is O=C(NS(=O)(=O)c1ccccc1Cl)c1nc(Cl)n(C2CC2C(F)(F)F)c1Cl. The summed E-state index contributed by atoms with van der Waals surface area (Å²) in [5.74, 6) is -2.91. The maximum atomic E-state index is 12.8. The van der Waals surface area contributed by atoms with Gasteiger partial charge in [-0.2, -0.15) is 13.2 Å². The number of hydrogen-bond acceptors (Lipinski definition) is 4. The van der Waals surface area contributed by atoms with Crippen LogP contribution in [0.2, 0.25) is 15.5 Å². The standard InChI is InChI=1S/C14H9Cl3F3N3O3S/c15-7-3-1-2-4-9(7)27(25,26)22-12(24)10-11(16)23(13(17)21-10)8-5-6(8)14(18,19)20/h1-4,6,8H,5H2,(H,22,24). The molecular formula is C14H9Cl3F3N3O3S. The van der Waals surface area contributed by atoms with Gasteiger partial charge in [-0.05, 0) is 30.2 Å². The van der Waals surface area contributed by atoms with Gasteiger partial charge in [0.05, 0.1) is 10.9 Å². The number of aromatic nitrogens is 2. The molecule has 1 heterocycles. The lowest BCUT2D eigenvalue weighted by Crippen LogP contribution is -2.31. The molecule has 1 N–H and O–H groups in total. The average molecular weight is 463 g/mol. The molecule has 1 aliphatic carbocycles. The molecule has 1 amide bonds. The molecule has 1 aliphatic rings. The van der Waals surface area contributed by atoms with Crippen LogP contribution in [0.1, 0.15) is 23.0 Å². The van der Waals surface area contributed by atoms with E-state index in [0.717, 1.165) is 4.57 Å². The van der Waals surface area contributed by atoms with Crippen molar-refractivity contribution in [2.24, 2.45) is 5.92 Å². The van der Waals surface area contributed by atoms with Crippen molar-refractivity contribution >= 4 is 50.7 Å². The lowest BCUT2D eigenvalue weighted by molar-refractivity contribution is -0.150. The molecule has 1 fully saturated rings. The highest BCUT2D eigenvalue weighted by atomic mass is 35.5. The highest BCUT2D eigenvalue weighted by molar-refractivity contribution is 7.90. The summed E-state index contributed by atoms with van der Waals surface area (Å²) in [4.78, 5) is 15.5. The van der Waals surface area contributed by atoms with E-state index < -0.39 is 50.2 Å². The summed E-state index contributed by atoms with van der Waals surface area (Å²) in [7, 11) is -4.36. The van der Waals surface area contributed by atoms with E-state index >= 15 is 0 Å². The van der Waals surface area contributed by atoms with Crippen LogP contribution in [0.5, 0.6) is 0 Å². The zero-order chi connectivity index (χ0) is 20.1. The van der Waals surface area contributed by atoms with Crippen LogP contribution in [0.25, 0.3) is 0 Å². The molecule has 27 heavy (non-hydrogen) atoms. The Morgan fingerprint density at radius 3 is 2.41 bits per heavy atom. The highest BCUT2D eigenvalue weighted by Crippen LogP contribution is 2.55. The van der Waals surface area contributed by atoms with Crippen molar-refractivity contribution in [3.63, 3.8) is 0 Å². The summed E-state index contributed by atoms with van der Waals surface area (Å²) in [5, 5.41) is -1.06. The number of nitrogens with one attached hydrogen (secondary N) is 1. The maximum Gasteiger partial charge on any atom is 0.393 e. The lowest BCUT2D eigenvalue weighted by Gasteiger charge is -2.09. The zero-order valence-corrected chi connectivity index (χ0v) is 16.1. The van der Waals surface area contributed by atoms with Gasteiger partial charge in [0, 0.05) is 6.04 Å². The molecule has 2 atom stereocenters. The summed E-state index contributed by atoms with van der Waals surface area (Å²) in [5.41, 5.74) is -0.606. The van der Waals surface area contributed by atoms with Gasteiger partial charge < -0.3 is 4.57 Å². The number of nitrogens with zero attached hydrogens (tertiary/aromatic N) is 2. The third kappa shape index (κ3) is 3.89. The van der Waals surface area contributed by atoms with E-state index in [2.05, 4.69) is 4.98 Å². The highest BCUT2D eigenvalue weighted by Gasteiger charge is 2.58. The molecule has 0 saturated heterocycles. The quantitative estimate of drug-likeness (QED) is 0.742. The van der Waals surface area contributed by atoms with Gasteiger partial charge in [-0.3, -0.25) is 4.79 Å². The predicted molar refractivity (Wildman–Crippen MR) is 91.6 cm³/mol. The van der Waals surface area contributed by atoms with Gasteiger partial charge in [0.2, 0.25) is 5.28 Å². The van der Waals surface area contributed by atoms with Crippen LogP contribution in [-0.4, -0.2) is 30.1 Å². The average Bonchev–Trinajstić information content (AvgIpc) is 3.27. The number of alkyl halides is 3. The number of carbonyl (C=O) groups is 1. The van der Waals surface area contributed by atoms with Gasteiger partial charge in [0.25, 0.3) is 15.9 Å². The minimum atomic E-state index is -4.45. The van der Waals surface area contributed by atoms with Crippen molar-refractivity contribution < 1.29 is 26.4 Å². The van der Waals surface area contributed by atoms with Crippen molar-refractivity contribution in [3.8, 4) is 0 Å². The largest absolute Gasteiger partial charge is 0.393 e. The molecule has 6 nitrogen and oxygen atoms in total. The molecule has 0 spiro atoms. The normalized spacial score (nSPS) is 19.8. The second-order valence-corrected chi connectivity index (χ2v) is 8.46. The van der Waals surface area contributed by atoms with E-state index in [-0.39, 0.29) is 16.3 Å². The van der Waals surface area contributed by atoms with Gasteiger partial charge in [-0.15, -0.1) is 0 Å². The van der Waals surface area contributed by atoms with E-state index in [9.17, 15) is 26.4 Å². The van der Waals surface area contributed by atoms with Crippen molar-refractivity contribution in [1.82, 2.24) is 14.3 Å². The number of carbonyl (C=O) groups excluding carboxylic acids is 1. The molecule has 146 valence electrons. The van der Waals surface area contributed by atoms with Crippen LogP contribution in [0.4, 0.5) is 13.2 Å². The van der Waals surface area contributed by atoms with E-state index in [0.29, 0.717) is 0 Å². The van der Waals surface area contributed by atoms with Crippen LogP contribution >= 0.6 is 34.8 Å². The number of halogens is 6. The second-order valence-electron chi connectivity index (χ2n) is 5.71. The Hall–Kier alpha value is -1.49. The Kier molecular flexibility index (Phi) is 5.13. The van der Waals surface area contributed by atoms with E-state index in [4.69, 9.17) is 34.8 Å². The molecule has 1 aromatic carbocycles. The molecule has 0 aliphatic heterocycles. The molecule has 0 radical (unpaired) electrons. The smallest absolute Gasteiger partial charge is 0.301 e. The van der Waals surface area contributed by atoms with Gasteiger partial charge in [0.15, 0.2) is 5.69 Å². The number of rotatable bonds is 4. The molecule has 1 aromatic heterocycles. The summed E-state index contributed by atoms with van der Waals surface area (Å²) in [6, 6.07) is 4.27. The predicted octanol–water partition coefficient (Wildman–Crippen LogP) is 4.09. The van der Waals surface area contributed by atoms with Crippen LogP contribution in [0.3, 0.4) is 0 Å². The molecule has 2 aromatic rings. The summed E-state index contributed by atoms with van der Waals surface area (Å²) in [6.07, 6.45) is -4.71. The molecule has 13 heteroatoms. The monoisotopic (exact) mass is 461 g/mol. The molecule has 1 saturated carbocycles. The van der Waals surface area contributed by atoms with Crippen molar-refractivity contribution in [2.45, 2.75) is 23.5 Å². The zero-order valence-electron chi connectivity index (χ0n) is 13.0. The van der Waals surface area contributed by atoms with Gasteiger partial charge >= 0.3 is 6.18 Å². The topological polar surface area (TPSA) is 81.1 Å². The summed E-state index contributed by atoms with van der Waals surface area (Å²) in [6.45, 7) is 0. The molecular weight excluding hydrogens is 454 g/mol. The first kappa shape index (κ1) is 20.2. The van der Waals surface area contributed by atoms with Crippen molar-refractivity contribution in [3.05, 3.63) is 45.4 Å². The van der Waals surface area contributed by atoms with E-state index in [1.54, 1.807) is 4.72 Å². The first-order valence-electron chi connectivity index (χ1n) is 7.25. The summed E-state index contributed by atoms with van der Waals surface area (Å²) >= 11 is 17.6. The Morgan fingerprint density at radius 1 is 1.22 bits per heavy atom. The fourth-order valence-corrected chi connectivity index (χ4v) is 4.67. The fraction of sp³-hybridized carbons (Fsp3) is 0.286. The minimum Gasteiger partial charge on any atom is -0.301 e. The van der Waals surface area contributed by atoms with Gasteiger partial charge in [0.1, 0.15) is 10.0 Å². The number of amides is 1. The summed E-state index contributed by atoms with van der Waals surface area (Å²) < 4.78 is 65.5. The number of sulfonamides is 1. The second kappa shape index (κ2) is 6.84. The van der Waals surface area contributed by atoms with Crippen molar-refractivity contribution in [2.75, 3.05) is 0 Å². The fourth-order valence-electron chi connectivity index (χ4n) is 2.52. The molecule has 3 rings (SSSR count). The van der Waals surface area contributed by atoms with Gasteiger partial charge in [-0.1, -0.05) is 35.3 Å². The number of hydrogen-bond donors (Lipinski definition) is 1. The van der Waals surface area contributed by atoms with Crippen LogP contribution in [-0.2, 0) is 10.0 Å². The minimum absolute atomic E-state index is 0.126. The Morgan fingerprint density at radius 2 is 1.85 bits per heavy atom. The Labute approximate surface area is 166 Å². The Balaban J connectivity index is 1.87. The van der Waals surface area contributed by atoms with Gasteiger partial charge in [-0.25, -0.2) is 18.1 Å². The molecule has 2 unspecified atom stereocenters. The number of imidazole rings is 1. The van der Waals surface area contributed by atoms with E-state index in [1.807, 2.05) is 0 Å². The number of benzene rings is 1. The van der Waals surface area contributed by atoms with E-state index in [1.165, 1.54) is 24.3 Å². The third-order valence-electron chi connectivity index (χ3n) is 3.89. The van der Waals surface area contributed by atoms with Crippen LogP contribution in [0, 0.1) is 5.92 Å². The first-order chi connectivity index (χ1) is 12.4. The van der Waals surface area contributed by atoms with Crippen molar-refractivity contribution in [1.29, 1.82) is 0 Å². The first-order valence-corrected chi connectivity index (χ1v) is 9.87.